The van der Waals surface area contributed by atoms with E-state index in [9.17, 15) is 8.42 Å². The third-order valence-corrected chi connectivity index (χ3v) is 6.50. The minimum absolute atomic E-state index is 0.0360. The number of anilines is 2. The zero-order chi connectivity index (χ0) is 22.7. The van der Waals surface area contributed by atoms with Crippen LogP contribution in [0.5, 0.6) is 5.88 Å². The molecule has 4 aromatic rings. The van der Waals surface area contributed by atoms with Gasteiger partial charge in [0.15, 0.2) is 5.65 Å². The van der Waals surface area contributed by atoms with Crippen molar-refractivity contribution in [2.75, 3.05) is 18.5 Å². The van der Waals surface area contributed by atoms with E-state index in [-0.39, 0.29) is 29.8 Å². The van der Waals surface area contributed by atoms with Crippen LogP contribution in [0.15, 0.2) is 48.8 Å². The van der Waals surface area contributed by atoms with Crippen LogP contribution in [0.1, 0.15) is 18.2 Å². The van der Waals surface area contributed by atoms with Crippen molar-refractivity contribution in [1.82, 2.24) is 23.7 Å². The Morgan fingerprint density at radius 3 is 2.66 bits per heavy atom. The van der Waals surface area contributed by atoms with E-state index in [0.29, 0.717) is 29.8 Å². The van der Waals surface area contributed by atoms with Gasteiger partial charge >= 0.3 is 0 Å². The first-order valence-electron chi connectivity index (χ1n) is 10.1. The van der Waals surface area contributed by atoms with E-state index in [2.05, 4.69) is 20.4 Å². The SMILES string of the molecule is CCOc1nc(Nc2cnn(CCO)c2C)nc2c1ccn2S(=O)(=O)Cc1ccccc1. The molecule has 168 valence electrons. The van der Waals surface area contributed by atoms with Gasteiger partial charge in [-0.05, 0) is 25.5 Å². The molecule has 0 unspecified atom stereocenters. The van der Waals surface area contributed by atoms with Crippen LogP contribution in [0.3, 0.4) is 0 Å². The average Bonchev–Trinajstić information content (AvgIpc) is 3.34. The van der Waals surface area contributed by atoms with Crippen molar-refractivity contribution >= 4 is 32.7 Å². The Morgan fingerprint density at radius 2 is 1.94 bits per heavy atom. The quantitative estimate of drug-likeness (QED) is 0.394. The largest absolute Gasteiger partial charge is 0.477 e. The highest BCUT2D eigenvalue weighted by Crippen LogP contribution is 2.28. The lowest BCUT2D eigenvalue weighted by atomic mass is 10.2. The summed E-state index contributed by atoms with van der Waals surface area (Å²) in [5, 5.41) is 17.0. The number of aromatic nitrogens is 5. The maximum Gasteiger partial charge on any atom is 0.244 e. The van der Waals surface area contributed by atoms with Gasteiger partial charge in [0.25, 0.3) is 0 Å². The average molecular weight is 457 g/mol. The Labute approximate surface area is 185 Å². The van der Waals surface area contributed by atoms with Crippen molar-refractivity contribution in [3.05, 3.63) is 60.0 Å². The Morgan fingerprint density at radius 1 is 1.16 bits per heavy atom. The van der Waals surface area contributed by atoms with Gasteiger partial charge in [0, 0.05) is 6.20 Å². The molecule has 0 fully saturated rings. The van der Waals surface area contributed by atoms with E-state index < -0.39 is 10.0 Å². The number of rotatable bonds is 9. The molecule has 0 aliphatic rings. The van der Waals surface area contributed by atoms with Crippen molar-refractivity contribution in [3.63, 3.8) is 0 Å². The number of hydrogen-bond acceptors (Lipinski definition) is 8. The third kappa shape index (κ3) is 4.30. The van der Waals surface area contributed by atoms with Crippen LogP contribution in [-0.4, -0.2) is 50.5 Å². The molecule has 3 aromatic heterocycles. The van der Waals surface area contributed by atoms with Gasteiger partial charge in [-0.15, -0.1) is 0 Å². The minimum atomic E-state index is -3.73. The van der Waals surface area contributed by atoms with E-state index in [1.807, 2.05) is 19.9 Å². The molecule has 0 saturated carbocycles. The normalized spacial score (nSPS) is 11.7. The molecule has 0 spiro atoms. The molecule has 0 amide bonds. The van der Waals surface area contributed by atoms with Crippen LogP contribution < -0.4 is 10.1 Å². The third-order valence-electron chi connectivity index (χ3n) is 4.91. The summed E-state index contributed by atoms with van der Waals surface area (Å²) in [6.45, 7) is 4.36. The molecule has 3 heterocycles. The molecule has 0 aliphatic carbocycles. The number of hydrogen-bond donors (Lipinski definition) is 2. The smallest absolute Gasteiger partial charge is 0.244 e. The summed E-state index contributed by atoms with van der Waals surface area (Å²) in [4.78, 5) is 8.90. The van der Waals surface area contributed by atoms with Crippen LogP contribution >= 0.6 is 0 Å². The van der Waals surface area contributed by atoms with Crippen LogP contribution in [0.4, 0.5) is 11.6 Å². The first-order chi connectivity index (χ1) is 15.4. The Hall–Kier alpha value is -3.44. The summed E-state index contributed by atoms with van der Waals surface area (Å²) in [7, 11) is -3.73. The van der Waals surface area contributed by atoms with Gasteiger partial charge in [0.05, 0.1) is 48.5 Å². The molecular formula is C21H24N6O4S. The van der Waals surface area contributed by atoms with Crippen LogP contribution in [0.2, 0.25) is 0 Å². The monoisotopic (exact) mass is 456 g/mol. The molecule has 0 radical (unpaired) electrons. The van der Waals surface area contributed by atoms with Gasteiger partial charge in [0.2, 0.25) is 21.9 Å². The molecule has 10 nitrogen and oxygen atoms in total. The number of aliphatic hydroxyl groups excluding tert-OH is 1. The van der Waals surface area contributed by atoms with Crippen molar-refractivity contribution < 1.29 is 18.3 Å². The molecule has 0 saturated heterocycles. The zero-order valence-corrected chi connectivity index (χ0v) is 18.6. The molecular weight excluding hydrogens is 432 g/mol. The summed E-state index contributed by atoms with van der Waals surface area (Å²) >= 11 is 0. The van der Waals surface area contributed by atoms with E-state index in [1.165, 1.54) is 6.20 Å². The molecule has 0 bridgehead atoms. The molecule has 0 atom stereocenters. The summed E-state index contributed by atoms with van der Waals surface area (Å²) < 4.78 is 34.8. The summed E-state index contributed by atoms with van der Waals surface area (Å²) in [5.74, 6) is 0.304. The minimum Gasteiger partial charge on any atom is -0.477 e. The lowest BCUT2D eigenvalue weighted by Crippen LogP contribution is -2.15. The first-order valence-corrected chi connectivity index (χ1v) is 11.7. The van der Waals surface area contributed by atoms with Crippen LogP contribution in [0.25, 0.3) is 11.0 Å². The Balaban J connectivity index is 1.76. The van der Waals surface area contributed by atoms with Crippen molar-refractivity contribution in [2.45, 2.75) is 26.1 Å². The lowest BCUT2D eigenvalue weighted by Gasteiger charge is -2.11. The van der Waals surface area contributed by atoms with E-state index in [0.717, 1.165) is 9.67 Å². The fourth-order valence-electron chi connectivity index (χ4n) is 3.36. The number of nitrogens with one attached hydrogen (secondary N) is 1. The molecule has 0 aliphatic heterocycles. The van der Waals surface area contributed by atoms with Gasteiger partial charge in [-0.3, -0.25) is 4.68 Å². The predicted molar refractivity (Wildman–Crippen MR) is 120 cm³/mol. The topological polar surface area (TPSA) is 124 Å². The highest BCUT2D eigenvalue weighted by atomic mass is 32.2. The summed E-state index contributed by atoms with van der Waals surface area (Å²) in [5.41, 5.74) is 2.33. The van der Waals surface area contributed by atoms with Crippen molar-refractivity contribution in [1.29, 1.82) is 0 Å². The molecule has 4 rings (SSSR count). The number of ether oxygens (including phenoxy) is 1. The van der Waals surface area contributed by atoms with Gasteiger partial charge in [-0.2, -0.15) is 15.1 Å². The second kappa shape index (κ2) is 8.97. The predicted octanol–water partition coefficient (Wildman–Crippen LogP) is 2.45. The highest BCUT2D eigenvalue weighted by molar-refractivity contribution is 7.89. The maximum atomic E-state index is 13.1. The van der Waals surface area contributed by atoms with Gasteiger partial charge in [-0.1, -0.05) is 30.3 Å². The van der Waals surface area contributed by atoms with Gasteiger partial charge in [0.1, 0.15) is 0 Å². The molecule has 32 heavy (non-hydrogen) atoms. The number of fused-ring (bicyclic) bond motifs is 1. The standard InChI is InChI=1S/C21H24N6O4S/c1-3-31-20-17-9-10-27(32(29,30)14-16-7-5-4-6-8-16)19(17)24-21(25-20)23-18-13-22-26(11-12-28)15(18)2/h4-10,13,28H,3,11-12,14H2,1-2H3,(H,23,24,25). The zero-order valence-electron chi connectivity index (χ0n) is 17.8. The van der Waals surface area contributed by atoms with Crippen LogP contribution in [0, 0.1) is 6.92 Å². The second-order valence-corrected chi connectivity index (χ2v) is 8.94. The number of aliphatic hydroxyl groups is 1. The Kier molecular flexibility index (Phi) is 6.10. The maximum absolute atomic E-state index is 13.1. The fraction of sp³-hybridized carbons (Fsp3) is 0.286. The molecule has 2 N–H and O–H groups in total. The Bertz CT molecular complexity index is 1330. The molecule has 11 heteroatoms. The lowest BCUT2D eigenvalue weighted by molar-refractivity contribution is 0.268. The second-order valence-electron chi connectivity index (χ2n) is 7.09. The first kappa shape index (κ1) is 21.8. The van der Waals surface area contributed by atoms with Crippen molar-refractivity contribution in [2.24, 2.45) is 0 Å². The van der Waals surface area contributed by atoms with Crippen molar-refractivity contribution in [3.8, 4) is 5.88 Å². The fourth-order valence-corrected chi connectivity index (χ4v) is 4.76. The van der Waals surface area contributed by atoms with E-state index in [1.54, 1.807) is 41.2 Å². The van der Waals surface area contributed by atoms with Gasteiger partial charge in [-0.25, -0.2) is 12.4 Å². The van der Waals surface area contributed by atoms with Crippen LogP contribution in [-0.2, 0) is 22.3 Å². The summed E-state index contributed by atoms with van der Waals surface area (Å²) in [6.07, 6.45) is 3.07. The highest BCUT2D eigenvalue weighted by Gasteiger charge is 2.21. The summed E-state index contributed by atoms with van der Waals surface area (Å²) in [6, 6.07) is 10.6. The number of benzene rings is 1. The molecule has 1 aromatic carbocycles. The van der Waals surface area contributed by atoms with Gasteiger partial charge < -0.3 is 15.2 Å². The van der Waals surface area contributed by atoms with E-state index in [4.69, 9.17) is 9.84 Å². The number of nitrogens with zero attached hydrogens (tertiary/aromatic N) is 5. The van der Waals surface area contributed by atoms with E-state index >= 15 is 0 Å².